The summed E-state index contributed by atoms with van der Waals surface area (Å²) in [5.74, 6) is 2.16. The molecule has 1 aliphatic heterocycles. The van der Waals surface area contributed by atoms with Gasteiger partial charge in [0.1, 0.15) is 6.61 Å². The number of amides is 1. The summed E-state index contributed by atoms with van der Waals surface area (Å²) in [4.78, 5) is 20.2. The minimum Gasteiger partial charge on any atom is -0.377 e. The number of piperidine rings is 1. The topological polar surface area (TPSA) is 94.9 Å². The van der Waals surface area contributed by atoms with Crippen LogP contribution in [0.1, 0.15) is 82.4 Å². The van der Waals surface area contributed by atoms with Crippen molar-refractivity contribution >= 4 is 5.91 Å². The summed E-state index contributed by atoms with van der Waals surface area (Å²) in [6, 6.07) is 14.3. The zero-order valence-electron chi connectivity index (χ0n) is 20.4. The van der Waals surface area contributed by atoms with Crippen molar-refractivity contribution in [1.29, 1.82) is 5.26 Å². The number of hydrogen-bond donors (Lipinski definition) is 1. The van der Waals surface area contributed by atoms with E-state index in [1.54, 1.807) is 7.11 Å². The van der Waals surface area contributed by atoms with Gasteiger partial charge in [-0.1, -0.05) is 30.7 Å². The molecule has 0 spiro atoms. The van der Waals surface area contributed by atoms with Crippen LogP contribution in [0.25, 0.3) is 11.4 Å². The molecule has 1 saturated carbocycles. The highest BCUT2D eigenvalue weighted by Gasteiger charge is 2.30. The average molecular weight is 470 g/mol. The van der Waals surface area contributed by atoms with E-state index in [1.807, 2.05) is 42.2 Å². The SMILES string of the molecule is COCc1nc(-c2cc(C(=O)N3CCC(c4ccccc4C#N)CC3)c(C)cc2C2CCC2)n[nH]1. The van der Waals surface area contributed by atoms with Crippen LogP contribution in [0.5, 0.6) is 0 Å². The lowest BCUT2D eigenvalue weighted by molar-refractivity contribution is 0.0712. The number of nitriles is 1. The minimum absolute atomic E-state index is 0.0589. The lowest BCUT2D eigenvalue weighted by Gasteiger charge is -2.33. The van der Waals surface area contributed by atoms with Gasteiger partial charge in [-0.2, -0.15) is 10.4 Å². The number of nitrogens with zero attached hydrogens (tertiary/aromatic N) is 4. The quantitative estimate of drug-likeness (QED) is 0.543. The smallest absolute Gasteiger partial charge is 0.254 e. The Morgan fingerprint density at radius 3 is 2.57 bits per heavy atom. The van der Waals surface area contributed by atoms with Crippen molar-refractivity contribution in [3.63, 3.8) is 0 Å². The monoisotopic (exact) mass is 469 g/mol. The van der Waals surface area contributed by atoms with Crippen molar-refractivity contribution in [1.82, 2.24) is 20.1 Å². The van der Waals surface area contributed by atoms with Crippen LogP contribution < -0.4 is 0 Å². The maximum atomic E-state index is 13.6. The second kappa shape index (κ2) is 10.0. The van der Waals surface area contributed by atoms with Crippen molar-refractivity contribution in [2.45, 2.75) is 57.5 Å². The molecule has 1 amide bonds. The van der Waals surface area contributed by atoms with E-state index in [1.165, 1.54) is 12.0 Å². The molecule has 1 aromatic heterocycles. The van der Waals surface area contributed by atoms with E-state index in [0.717, 1.165) is 53.5 Å². The molecular formula is C28H31N5O2. The molecule has 7 heteroatoms. The van der Waals surface area contributed by atoms with Crippen LogP contribution in [0.4, 0.5) is 0 Å². The predicted molar refractivity (Wildman–Crippen MR) is 133 cm³/mol. The van der Waals surface area contributed by atoms with Crippen molar-refractivity contribution in [2.75, 3.05) is 20.2 Å². The number of aryl methyl sites for hydroxylation is 1. The number of nitrogens with one attached hydrogen (secondary N) is 1. The van der Waals surface area contributed by atoms with Gasteiger partial charge in [-0.15, -0.1) is 0 Å². The molecule has 1 aliphatic carbocycles. The first-order chi connectivity index (χ1) is 17.1. The molecule has 3 aromatic rings. The molecule has 2 heterocycles. The van der Waals surface area contributed by atoms with Crippen LogP contribution >= 0.6 is 0 Å². The van der Waals surface area contributed by atoms with Gasteiger partial charge in [-0.3, -0.25) is 9.89 Å². The highest BCUT2D eigenvalue weighted by molar-refractivity contribution is 5.97. The van der Waals surface area contributed by atoms with E-state index in [0.29, 0.717) is 43.2 Å². The third-order valence-corrected chi connectivity index (χ3v) is 7.53. The number of aromatic amines is 1. The lowest BCUT2D eigenvalue weighted by atomic mass is 9.77. The summed E-state index contributed by atoms with van der Waals surface area (Å²) in [5.41, 5.74) is 5.74. The summed E-state index contributed by atoms with van der Waals surface area (Å²) >= 11 is 0. The van der Waals surface area contributed by atoms with Crippen molar-refractivity contribution < 1.29 is 9.53 Å². The third-order valence-electron chi connectivity index (χ3n) is 7.53. The van der Waals surface area contributed by atoms with Gasteiger partial charge in [-0.05, 0) is 73.3 Å². The molecule has 2 aliphatic rings. The standard InChI is InChI=1S/C28H31N5O2/c1-18-14-24(19-7-5-8-19)25(27-30-26(17-35-2)31-32-27)15-23(18)28(34)33-12-10-20(11-13-33)22-9-4-3-6-21(22)16-29/h3-4,6,9,14-15,19-20H,5,7-8,10-13,17H2,1-2H3,(H,30,31,32). The first kappa shape index (κ1) is 23.3. The molecule has 2 fully saturated rings. The van der Waals surface area contributed by atoms with Crippen LogP contribution in [0.2, 0.25) is 0 Å². The number of hydrogen-bond acceptors (Lipinski definition) is 5. The van der Waals surface area contributed by atoms with Crippen molar-refractivity contribution in [3.8, 4) is 17.5 Å². The number of methoxy groups -OCH3 is 1. The van der Waals surface area contributed by atoms with Gasteiger partial charge in [0.2, 0.25) is 0 Å². The number of likely N-dealkylation sites (tertiary alicyclic amines) is 1. The van der Waals surface area contributed by atoms with Crippen molar-refractivity contribution in [2.24, 2.45) is 0 Å². The van der Waals surface area contributed by atoms with Gasteiger partial charge in [0.15, 0.2) is 11.6 Å². The molecule has 1 N–H and O–H groups in total. The largest absolute Gasteiger partial charge is 0.377 e. The summed E-state index contributed by atoms with van der Waals surface area (Å²) in [5, 5.41) is 16.9. The number of benzene rings is 2. The molecule has 2 aromatic carbocycles. The zero-order chi connectivity index (χ0) is 24.4. The maximum Gasteiger partial charge on any atom is 0.254 e. The van der Waals surface area contributed by atoms with E-state index in [9.17, 15) is 10.1 Å². The molecule has 0 bridgehead atoms. The van der Waals surface area contributed by atoms with Crippen LogP contribution in [-0.2, 0) is 11.3 Å². The summed E-state index contributed by atoms with van der Waals surface area (Å²) in [7, 11) is 1.63. The highest BCUT2D eigenvalue weighted by Crippen LogP contribution is 2.42. The van der Waals surface area contributed by atoms with Gasteiger partial charge in [0, 0.05) is 31.3 Å². The molecule has 1 saturated heterocycles. The second-order valence-electron chi connectivity index (χ2n) is 9.69. The van der Waals surface area contributed by atoms with Crippen LogP contribution in [0.15, 0.2) is 36.4 Å². The summed E-state index contributed by atoms with van der Waals surface area (Å²) in [6.45, 7) is 3.76. The normalized spacial score (nSPS) is 16.7. The third kappa shape index (κ3) is 4.59. The predicted octanol–water partition coefficient (Wildman–Crippen LogP) is 5.09. The minimum atomic E-state index is 0.0589. The Hall–Kier alpha value is -3.50. The molecule has 35 heavy (non-hydrogen) atoms. The van der Waals surface area contributed by atoms with E-state index in [4.69, 9.17) is 4.74 Å². The van der Waals surface area contributed by atoms with E-state index in [2.05, 4.69) is 27.3 Å². The van der Waals surface area contributed by atoms with E-state index < -0.39 is 0 Å². The fraction of sp³-hybridized carbons (Fsp3) is 0.429. The molecule has 7 nitrogen and oxygen atoms in total. The maximum absolute atomic E-state index is 13.6. The molecule has 0 unspecified atom stereocenters. The molecule has 5 rings (SSSR count). The Morgan fingerprint density at radius 2 is 1.89 bits per heavy atom. The highest BCUT2D eigenvalue weighted by atomic mass is 16.5. The van der Waals surface area contributed by atoms with E-state index in [-0.39, 0.29) is 5.91 Å². The molecule has 0 radical (unpaired) electrons. The first-order valence-corrected chi connectivity index (χ1v) is 12.4. The zero-order valence-corrected chi connectivity index (χ0v) is 20.4. The fourth-order valence-corrected chi connectivity index (χ4v) is 5.35. The second-order valence-corrected chi connectivity index (χ2v) is 9.69. The fourth-order valence-electron chi connectivity index (χ4n) is 5.35. The number of rotatable bonds is 6. The van der Waals surface area contributed by atoms with Gasteiger partial charge >= 0.3 is 0 Å². The molecule has 180 valence electrons. The summed E-state index contributed by atoms with van der Waals surface area (Å²) in [6.07, 6.45) is 5.27. The Kier molecular flexibility index (Phi) is 6.65. The van der Waals surface area contributed by atoms with Crippen LogP contribution in [0, 0.1) is 18.3 Å². The van der Waals surface area contributed by atoms with Crippen LogP contribution in [-0.4, -0.2) is 46.2 Å². The first-order valence-electron chi connectivity index (χ1n) is 12.4. The van der Waals surface area contributed by atoms with Gasteiger partial charge in [0.25, 0.3) is 5.91 Å². The lowest BCUT2D eigenvalue weighted by Crippen LogP contribution is -2.38. The van der Waals surface area contributed by atoms with E-state index >= 15 is 0 Å². The number of carbonyl (C=O) groups excluding carboxylic acids is 1. The number of ether oxygens (including phenoxy) is 1. The summed E-state index contributed by atoms with van der Waals surface area (Å²) < 4.78 is 5.19. The van der Waals surface area contributed by atoms with Crippen LogP contribution in [0.3, 0.4) is 0 Å². The molecular weight excluding hydrogens is 438 g/mol. The van der Waals surface area contributed by atoms with Gasteiger partial charge in [-0.25, -0.2) is 4.98 Å². The molecule has 0 atom stereocenters. The Bertz CT molecular complexity index is 1260. The Balaban J connectivity index is 1.39. The average Bonchev–Trinajstić information content (AvgIpc) is 3.31. The number of H-pyrrole nitrogens is 1. The Labute approximate surface area is 206 Å². The van der Waals surface area contributed by atoms with Gasteiger partial charge in [0.05, 0.1) is 11.6 Å². The number of carbonyl (C=O) groups is 1. The van der Waals surface area contributed by atoms with Gasteiger partial charge < -0.3 is 9.64 Å². The Morgan fingerprint density at radius 1 is 1.14 bits per heavy atom. The van der Waals surface area contributed by atoms with Crippen molar-refractivity contribution in [3.05, 3.63) is 70.0 Å². The number of aromatic nitrogens is 3.